The van der Waals surface area contributed by atoms with Crippen molar-refractivity contribution in [2.24, 2.45) is 11.1 Å². The van der Waals surface area contributed by atoms with Crippen molar-refractivity contribution in [2.75, 3.05) is 6.54 Å². The lowest BCUT2D eigenvalue weighted by molar-refractivity contribution is -0.148. The zero-order valence-electron chi connectivity index (χ0n) is 11.3. The van der Waals surface area contributed by atoms with E-state index in [1.165, 1.54) is 19.3 Å². The fraction of sp³-hybridized carbons (Fsp3) is 0.923. The third kappa shape index (κ3) is 5.04. The highest BCUT2D eigenvalue weighted by Crippen LogP contribution is 2.38. The summed E-state index contributed by atoms with van der Waals surface area (Å²) in [5, 5.41) is 0. The molecule has 1 fully saturated rings. The van der Waals surface area contributed by atoms with Crippen molar-refractivity contribution in [1.82, 2.24) is 5.48 Å². The molecule has 0 unspecified atom stereocenters. The second-order valence-corrected chi connectivity index (χ2v) is 6.18. The van der Waals surface area contributed by atoms with Crippen LogP contribution < -0.4 is 11.2 Å². The van der Waals surface area contributed by atoms with Crippen LogP contribution in [0.2, 0.25) is 0 Å². The zero-order valence-corrected chi connectivity index (χ0v) is 11.3. The summed E-state index contributed by atoms with van der Waals surface area (Å²) in [6.45, 7) is 6.32. The van der Waals surface area contributed by atoms with Crippen LogP contribution in [0.3, 0.4) is 0 Å². The molecule has 0 bridgehead atoms. The maximum atomic E-state index is 11.8. The fourth-order valence-corrected chi connectivity index (χ4v) is 2.34. The Balaban J connectivity index is 2.42. The first-order chi connectivity index (χ1) is 7.87. The number of nitrogens with two attached hydrogens (primary N) is 1. The summed E-state index contributed by atoms with van der Waals surface area (Å²) in [6.07, 6.45) is 6.25. The first kappa shape index (κ1) is 14.5. The van der Waals surface area contributed by atoms with Crippen LogP contribution >= 0.6 is 0 Å². The molecule has 0 aromatic rings. The first-order valence-corrected chi connectivity index (χ1v) is 6.54. The predicted octanol–water partition coefficient (Wildman–Crippen LogP) is 2.13. The van der Waals surface area contributed by atoms with E-state index in [0.29, 0.717) is 13.0 Å². The molecule has 3 N–H and O–H groups in total. The van der Waals surface area contributed by atoms with Gasteiger partial charge in [0.1, 0.15) is 0 Å². The van der Waals surface area contributed by atoms with Gasteiger partial charge in [-0.05, 0) is 45.6 Å². The van der Waals surface area contributed by atoms with Gasteiger partial charge < -0.3 is 5.73 Å². The van der Waals surface area contributed by atoms with Crippen LogP contribution in [0.5, 0.6) is 0 Å². The van der Waals surface area contributed by atoms with Crippen LogP contribution in [-0.4, -0.2) is 18.1 Å². The van der Waals surface area contributed by atoms with E-state index in [4.69, 9.17) is 10.6 Å². The average molecular weight is 242 g/mol. The largest absolute Gasteiger partial charge is 0.330 e. The number of carbonyl (C=O) groups excluding carboxylic acids is 1. The van der Waals surface area contributed by atoms with Gasteiger partial charge in [-0.15, -0.1) is 0 Å². The van der Waals surface area contributed by atoms with E-state index in [0.717, 1.165) is 12.8 Å². The van der Waals surface area contributed by atoms with Crippen molar-refractivity contribution in [3.05, 3.63) is 0 Å². The van der Waals surface area contributed by atoms with E-state index in [-0.39, 0.29) is 16.9 Å². The molecule has 1 amide bonds. The summed E-state index contributed by atoms with van der Waals surface area (Å²) in [5.74, 6) is -0.0488. The van der Waals surface area contributed by atoms with E-state index in [2.05, 4.69) is 5.48 Å². The van der Waals surface area contributed by atoms with Crippen molar-refractivity contribution in [2.45, 2.75) is 64.9 Å². The van der Waals surface area contributed by atoms with Gasteiger partial charge in [-0.25, -0.2) is 5.48 Å². The van der Waals surface area contributed by atoms with Crippen LogP contribution in [0.4, 0.5) is 0 Å². The van der Waals surface area contributed by atoms with E-state index in [9.17, 15) is 4.79 Å². The molecule has 0 spiro atoms. The molecule has 1 aliphatic carbocycles. The number of rotatable bonds is 4. The lowest BCUT2D eigenvalue weighted by atomic mass is 9.72. The van der Waals surface area contributed by atoms with Gasteiger partial charge in [0.25, 0.3) is 0 Å². The maximum Gasteiger partial charge on any atom is 0.244 e. The normalized spacial score (nSPS) is 20.0. The number of carbonyl (C=O) groups is 1. The lowest BCUT2D eigenvalue weighted by Crippen LogP contribution is -2.40. The van der Waals surface area contributed by atoms with Crippen LogP contribution in [0.15, 0.2) is 0 Å². The molecule has 0 saturated heterocycles. The minimum atomic E-state index is -0.349. The van der Waals surface area contributed by atoms with E-state index in [1.54, 1.807) is 0 Å². The monoisotopic (exact) mass is 242 g/mol. The Hall–Kier alpha value is -0.610. The van der Waals surface area contributed by atoms with Crippen molar-refractivity contribution in [1.29, 1.82) is 0 Å². The van der Waals surface area contributed by atoms with Gasteiger partial charge in [0, 0.05) is 6.42 Å². The molecule has 100 valence electrons. The molecule has 0 heterocycles. The predicted molar refractivity (Wildman–Crippen MR) is 68.2 cm³/mol. The van der Waals surface area contributed by atoms with E-state index >= 15 is 0 Å². The molecular weight excluding hydrogens is 216 g/mol. The summed E-state index contributed by atoms with van der Waals surface area (Å²) >= 11 is 0. The molecule has 0 radical (unpaired) electrons. The minimum absolute atomic E-state index is 0.00355. The van der Waals surface area contributed by atoms with Gasteiger partial charge in [-0.1, -0.05) is 19.3 Å². The highest BCUT2D eigenvalue weighted by atomic mass is 16.7. The van der Waals surface area contributed by atoms with Crippen LogP contribution in [0.25, 0.3) is 0 Å². The molecular formula is C13H26N2O2. The second kappa shape index (κ2) is 5.83. The van der Waals surface area contributed by atoms with Gasteiger partial charge in [-0.3, -0.25) is 9.63 Å². The molecule has 1 saturated carbocycles. The maximum absolute atomic E-state index is 11.8. The van der Waals surface area contributed by atoms with E-state index in [1.807, 2.05) is 20.8 Å². The third-order valence-corrected chi connectivity index (χ3v) is 3.35. The molecule has 0 aromatic carbocycles. The number of hydroxylamine groups is 1. The van der Waals surface area contributed by atoms with E-state index < -0.39 is 0 Å². The summed E-state index contributed by atoms with van der Waals surface area (Å²) in [6, 6.07) is 0. The van der Waals surface area contributed by atoms with Crippen molar-refractivity contribution in [3.8, 4) is 0 Å². The smallest absolute Gasteiger partial charge is 0.244 e. The van der Waals surface area contributed by atoms with Crippen molar-refractivity contribution < 1.29 is 9.63 Å². The molecule has 17 heavy (non-hydrogen) atoms. The Morgan fingerprint density at radius 1 is 1.29 bits per heavy atom. The highest BCUT2D eigenvalue weighted by molar-refractivity contribution is 5.75. The average Bonchev–Trinajstić information content (AvgIpc) is 2.27. The Labute approximate surface area is 104 Å². The summed E-state index contributed by atoms with van der Waals surface area (Å²) in [7, 11) is 0. The zero-order chi connectivity index (χ0) is 12.9. The Kier molecular flexibility index (Phi) is 4.95. The topological polar surface area (TPSA) is 64.3 Å². The van der Waals surface area contributed by atoms with Gasteiger partial charge in [0.05, 0.1) is 5.60 Å². The standard InChI is InChI=1S/C13H26N2O2/c1-12(2,3)17-15-11(16)9-13(10-14)7-5-4-6-8-13/h4-10,14H2,1-3H3,(H,15,16). The second-order valence-electron chi connectivity index (χ2n) is 6.18. The summed E-state index contributed by atoms with van der Waals surface area (Å²) < 4.78 is 0. The third-order valence-electron chi connectivity index (χ3n) is 3.35. The van der Waals surface area contributed by atoms with Crippen molar-refractivity contribution in [3.63, 3.8) is 0 Å². The molecule has 1 aliphatic rings. The lowest BCUT2D eigenvalue weighted by Gasteiger charge is -2.35. The first-order valence-electron chi connectivity index (χ1n) is 6.54. The Bertz CT molecular complexity index is 253. The Morgan fingerprint density at radius 2 is 1.88 bits per heavy atom. The summed E-state index contributed by atoms with van der Waals surface area (Å²) in [4.78, 5) is 17.1. The molecule has 0 aliphatic heterocycles. The number of amides is 1. The quantitative estimate of drug-likeness (QED) is 0.742. The van der Waals surface area contributed by atoms with Crippen molar-refractivity contribution >= 4 is 5.91 Å². The molecule has 0 atom stereocenters. The molecule has 4 nitrogen and oxygen atoms in total. The van der Waals surface area contributed by atoms with Crippen LogP contribution in [0.1, 0.15) is 59.3 Å². The molecule has 4 heteroatoms. The number of nitrogens with one attached hydrogen (secondary N) is 1. The molecule has 1 rings (SSSR count). The van der Waals surface area contributed by atoms with Crippen LogP contribution in [-0.2, 0) is 9.63 Å². The van der Waals surface area contributed by atoms with Gasteiger partial charge in [0.15, 0.2) is 0 Å². The highest BCUT2D eigenvalue weighted by Gasteiger charge is 2.33. The minimum Gasteiger partial charge on any atom is -0.330 e. The number of hydrogen-bond donors (Lipinski definition) is 2. The number of hydrogen-bond acceptors (Lipinski definition) is 3. The molecule has 0 aromatic heterocycles. The van der Waals surface area contributed by atoms with Gasteiger partial charge in [-0.2, -0.15) is 0 Å². The fourth-order valence-electron chi connectivity index (χ4n) is 2.34. The Morgan fingerprint density at radius 3 is 2.35 bits per heavy atom. The SMILES string of the molecule is CC(C)(C)ONC(=O)CC1(CN)CCCCC1. The van der Waals surface area contributed by atoms with Gasteiger partial charge >= 0.3 is 0 Å². The van der Waals surface area contributed by atoms with Gasteiger partial charge in [0.2, 0.25) is 5.91 Å². The van der Waals surface area contributed by atoms with Crippen LogP contribution in [0, 0.1) is 5.41 Å². The summed E-state index contributed by atoms with van der Waals surface area (Å²) in [5.41, 5.74) is 8.04.